The molecular weight excluding hydrogens is 582 g/mol. The van der Waals surface area contributed by atoms with Gasteiger partial charge in [-0.3, -0.25) is 4.90 Å². The number of aromatic nitrogens is 3. The van der Waals surface area contributed by atoms with Gasteiger partial charge in [0, 0.05) is 38.6 Å². The quantitative estimate of drug-likeness (QED) is 0.337. The largest absolute Gasteiger partial charge is 0.474 e. The minimum atomic E-state index is -0.791. The van der Waals surface area contributed by atoms with Crippen molar-refractivity contribution in [1.82, 2.24) is 24.8 Å². The summed E-state index contributed by atoms with van der Waals surface area (Å²) in [6.45, 7) is 18.2. The molecule has 0 radical (unpaired) electrons. The third-order valence-electron chi connectivity index (χ3n) is 6.78. The minimum absolute atomic E-state index is 0.0379. The number of pyridine rings is 1. The number of alkyl halides is 1. The van der Waals surface area contributed by atoms with E-state index in [9.17, 15) is 13.6 Å². The number of hydrogen-bond donors (Lipinski definition) is 1. The van der Waals surface area contributed by atoms with Crippen LogP contribution in [0.25, 0.3) is 10.9 Å². The number of carbonyl (C=O) groups is 1. The topological polar surface area (TPSA) is 102 Å². The predicted molar refractivity (Wildman–Crippen MR) is 167 cm³/mol. The molecule has 0 aliphatic carbocycles. The lowest BCUT2D eigenvalue weighted by molar-refractivity contribution is 0.0238. The van der Waals surface area contributed by atoms with E-state index in [4.69, 9.17) is 25.8 Å². The number of fused-ring (bicyclic) bond motifs is 1. The zero-order chi connectivity index (χ0) is 32.3. The van der Waals surface area contributed by atoms with Gasteiger partial charge in [0.1, 0.15) is 28.5 Å². The van der Waals surface area contributed by atoms with Crippen LogP contribution in [0.3, 0.4) is 0 Å². The zero-order valence-corrected chi connectivity index (χ0v) is 27.9. The summed E-state index contributed by atoms with van der Waals surface area (Å²) in [5.74, 6) is -0.409. The molecule has 13 heteroatoms. The molecule has 1 N–H and O–H groups in total. The lowest BCUT2D eigenvalue weighted by Crippen LogP contribution is -2.40. The van der Waals surface area contributed by atoms with Crippen molar-refractivity contribution in [2.24, 2.45) is 0 Å². The first-order valence-corrected chi connectivity index (χ1v) is 15.7. The molecule has 10 nitrogen and oxygen atoms in total. The predicted octanol–water partition coefficient (Wildman–Crippen LogP) is 6.89. The zero-order valence-electron chi connectivity index (χ0n) is 27.1. The van der Waals surface area contributed by atoms with E-state index in [-0.39, 0.29) is 39.9 Å². The molecule has 3 unspecified atom stereocenters. The van der Waals surface area contributed by atoms with Crippen molar-refractivity contribution < 1.29 is 27.8 Å². The molecule has 2 saturated heterocycles. The molecule has 5 rings (SSSR count). The molecule has 1 amide bonds. The van der Waals surface area contributed by atoms with Crippen LogP contribution >= 0.6 is 11.6 Å². The Kier molecular flexibility index (Phi) is 14.4. The summed E-state index contributed by atoms with van der Waals surface area (Å²) in [6, 6.07) is 0.573. The molecule has 0 bridgehead atoms. The van der Waals surface area contributed by atoms with Crippen molar-refractivity contribution in [2.75, 3.05) is 45.2 Å². The van der Waals surface area contributed by atoms with Gasteiger partial charge in [-0.1, -0.05) is 39.3 Å². The Morgan fingerprint density at radius 2 is 1.79 bits per heavy atom. The number of methoxy groups -OCH3 is 1. The Balaban J connectivity index is 0.000000411. The number of amides is 1. The molecular formula is C30H49ClF2N6O4. The number of hydrogen-bond acceptors (Lipinski definition) is 9. The second-order valence-corrected chi connectivity index (χ2v) is 11.4. The number of carbonyl (C=O) groups excluding carboxylic acids is 1. The lowest BCUT2D eigenvalue weighted by Gasteiger charge is -2.28. The van der Waals surface area contributed by atoms with E-state index in [2.05, 4.69) is 25.2 Å². The molecule has 43 heavy (non-hydrogen) atoms. The fraction of sp³-hybridized carbons (Fsp3) is 0.733. The molecule has 3 aliphatic heterocycles. The van der Waals surface area contributed by atoms with Gasteiger partial charge in [0.05, 0.1) is 13.2 Å². The van der Waals surface area contributed by atoms with Gasteiger partial charge in [-0.05, 0) is 53.5 Å². The Bertz CT molecular complexity index is 1170. The van der Waals surface area contributed by atoms with Crippen LogP contribution in [-0.2, 0) is 4.74 Å². The normalized spacial score (nSPS) is 21.7. The third kappa shape index (κ3) is 10.2. The van der Waals surface area contributed by atoms with Crippen molar-refractivity contribution in [2.45, 2.75) is 105 Å². The van der Waals surface area contributed by atoms with Crippen LogP contribution in [0.2, 0.25) is 5.15 Å². The molecule has 2 fully saturated rings. The van der Waals surface area contributed by atoms with Gasteiger partial charge < -0.3 is 24.4 Å². The van der Waals surface area contributed by atoms with Crippen LogP contribution in [0.4, 0.5) is 19.4 Å². The van der Waals surface area contributed by atoms with Crippen LogP contribution in [0.5, 0.6) is 11.9 Å². The first-order chi connectivity index (χ1) is 20.4. The van der Waals surface area contributed by atoms with Crippen LogP contribution in [0.1, 0.15) is 81.1 Å². The Morgan fingerprint density at radius 1 is 1.09 bits per heavy atom. The van der Waals surface area contributed by atoms with Gasteiger partial charge in [0.15, 0.2) is 11.0 Å². The fourth-order valence-electron chi connectivity index (χ4n) is 4.94. The van der Waals surface area contributed by atoms with E-state index in [1.165, 1.54) is 20.0 Å². The van der Waals surface area contributed by atoms with E-state index in [0.29, 0.717) is 38.6 Å². The van der Waals surface area contributed by atoms with Gasteiger partial charge in [0.25, 0.3) is 0 Å². The third-order valence-corrected chi connectivity index (χ3v) is 7.03. The second kappa shape index (κ2) is 16.9. The molecule has 0 spiro atoms. The summed E-state index contributed by atoms with van der Waals surface area (Å²) in [5.41, 5.74) is -0.672. The molecule has 2 aromatic heterocycles. The standard InChI is InChI=1S/C19H25ClFN5O4.C7H12FN.2C2H6/c1-10-6-8-26(18(27)30-19(2,3)4)9-7-22-15-11-13(23-17(25-15)28-5)12(21)14(20)24-16(11)29-10;8-6-4-7-2-1-3-9(7)5-6;2*1-2/h10H,6-9H2,1-5H3,(H,22,23,25);6-7H,1-5H2;2*1-2H3. The highest BCUT2D eigenvalue weighted by Gasteiger charge is 2.34. The summed E-state index contributed by atoms with van der Waals surface area (Å²) in [4.78, 5) is 28.8. The summed E-state index contributed by atoms with van der Waals surface area (Å²) < 4.78 is 43.8. The van der Waals surface area contributed by atoms with Crippen molar-refractivity contribution in [1.29, 1.82) is 0 Å². The van der Waals surface area contributed by atoms with Gasteiger partial charge in [-0.2, -0.15) is 15.0 Å². The molecule has 3 atom stereocenters. The summed E-state index contributed by atoms with van der Waals surface area (Å²) in [7, 11) is 1.38. The first-order valence-electron chi connectivity index (χ1n) is 15.3. The van der Waals surface area contributed by atoms with E-state index in [1.54, 1.807) is 4.90 Å². The molecule has 5 heterocycles. The maximum Gasteiger partial charge on any atom is 0.410 e. The number of halogens is 3. The Labute approximate surface area is 259 Å². The van der Waals surface area contributed by atoms with E-state index >= 15 is 0 Å². The summed E-state index contributed by atoms with van der Waals surface area (Å²) in [6.07, 6.45) is 2.54. The number of rotatable bonds is 1. The maximum absolute atomic E-state index is 14.7. The fourth-order valence-corrected chi connectivity index (χ4v) is 5.11. The van der Waals surface area contributed by atoms with Crippen molar-refractivity contribution in [3.05, 3.63) is 11.0 Å². The van der Waals surface area contributed by atoms with Gasteiger partial charge in [0.2, 0.25) is 5.88 Å². The maximum atomic E-state index is 14.7. The Morgan fingerprint density at radius 3 is 2.42 bits per heavy atom. The van der Waals surface area contributed by atoms with Crippen molar-refractivity contribution in [3.8, 4) is 11.9 Å². The Hall–Kier alpha value is -2.73. The highest BCUT2D eigenvalue weighted by Crippen LogP contribution is 2.35. The van der Waals surface area contributed by atoms with E-state index < -0.39 is 23.7 Å². The highest BCUT2D eigenvalue weighted by atomic mass is 35.5. The molecule has 244 valence electrons. The summed E-state index contributed by atoms with van der Waals surface area (Å²) in [5, 5.41) is 3.00. The number of ether oxygens (including phenoxy) is 3. The molecule has 0 aromatic carbocycles. The average Bonchev–Trinajstić information content (AvgIpc) is 3.54. The van der Waals surface area contributed by atoms with E-state index in [0.717, 1.165) is 13.0 Å². The number of anilines is 1. The molecule has 3 aliphatic rings. The van der Waals surface area contributed by atoms with Gasteiger partial charge >= 0.3 is 12.1 Å². The lowest BCUT2D eigenvalue weighted by atomic mass is 10.1. The van der Waals surface area contributed by atoms with Gasteiger partial charge in [-0.25, -0.2) is 13.6 Å². The van der Waals surface area contributed by atoms with Gasteiger partial charge in [-0.15, -0.1) is 0 Å². The van der Waals surface area contributed by atoms with Crippen LogP contribution in [0.15, 0.2) is 0 Å². The monoisotopic (exact) mass is 630 g/mol. The first kappa shape index (κ1) is 36.5. The van der Waals surface area contributed by atoms with Crippen LogP contribution in [0, 0.1) is 5.82 Å². The summed E-state index contributed by atoms with van der Waals surface area (Å²) >= 11 is 5.96. The van der Waals surface area contributed by atoms with Crippen molar-refractivity contribution in [3.63, 3.8) is 0 Å². The van der Waals surface area contributed by atoms with Crippen LogP contribution < -0.4 is 14.8 Å². The number of nitrogens with one attached hydrogen (secondary N) is 1. The van der Waals surface area contributed by atoms with E-state index in [1.807, 2.05) is 55.4 Å². The highest BCUT2D eigenvalue weighted by molar-refractivity contribution is 6.30. The van der Waals surface area contributed by atoms with Crippen molar-refractivity contribution >= 4 is 34.4 Å². The molecule has 2 aromatic rings. The molecule has 0 saturated carbocycles. The van der Waals surface area contributed by atoms with Crippen LogP contribution in [-0.4, -0.2) is 94.6 Å². The average molecular weight is 631 g/mol. The smallest absolute Gasteiger partial charge is 0.410 e. The SMILES string of the molecule is CC.CC.COc1nc2c3c(nc(Cl)c(F)c3n1)OC(C)CCN(C(=O)OC(C)(C)C)CCN2.FC1CC2CCCN2C1. The second-order valence-electron chi connectivity index (χ2n) is 11.0. The minimum Gasteiger partial charge on any atom is -0.474 e. The number of nitrogens with zero attached hydrogens (tertiary/aromatic N) is 5.